The van der Waals surface area contributed by atoms with Crippen molar-refractivity contribution in [2.24, 2.45) is 0 Å². The number of anilines is 1. The van der Waals surface area contributed by atoms with Crippen LogP contribution in [0.15, 0.2) is 34.9 Å². The minimum atomic E-state index is -3.52. The van der Waals surface area contributed by atoms with Crippen LogP contribution in [0.1, 0.15) is 13.3 Å². The molecular formula is C11H15N3O2S. The number of hydrogen-bond acceptors (Lipinski definition) is 4. The molecule has 2 N–H and O–H groups in total. The second-order valence-corrected chi connectivity index (χ2v) is 5.97. The highest BCUT2D eigenvalue weighted by Crippen LogP contribution is 2.23. The average Bonchev–Trinajstić information content (AvgIpc) is 2.29. The van der Waals surface area contributed by atoms with Crippen molar-refractivity contribution in [2.75, 3.05) is 18.8 Å². The predicted octanol–water partition coefficient (Wildman–Crippen LogP) is 1.00. The molecule has 2 rings (SSSR count). The van der Waals surface area contributed by atoms with Gasteiger partial charge in [0.2, 0.25) is 10.0 Å². The molecule has 1 aromatic rings. The second kappa shape index (κ2) is 4.46. The summed E-state index contributed by atoms with van der Waals surface area (Å²) in [5.41, 5.74) is 6.67. The van der Waals surface area contributed by atoms with Crippen LogP contribution in [0.2, 0.25) is 0 Å². The molecule has 17 heavy (non-hydrogen) atoms. The van der Waals surface area contributed by atoms with Gasteiger partial charge in [-0.3, -0.25) is 0 Å². The van der Waals surface area contributed by atoms with Gasteiger partial charge in [-0.05, 0) is 25.5 Å². The van der Waals surface area contributed by atoms with E-state index in [9.17, 15) is 8.42 Å². The Balaban J connectivity index is 2.38. The lowest BCUT2D eigenvalue weighted by Gasteiger charge is -2.25. The summed E-state index contributed by atoms with van der Waals surface area (Å²) in [6, 6.07) is 3.07. The first-order valence-electron chi connectivity index (χ1n) is 5.38. The predicted molar refractivity (Wildman–Crippen MR) is 65.8 cm³/mol. The zero-order chi connectivity index (χ0) is 12.5. The smallest absolute Gasteiger partial charge is 0.247 e. The van der Waals surface area contributed by atoms with Crippen LogP contribution in [0.25, 0.3) is 0 Å². The highest BCUT2D eigenvalue weighted by atomic mass is 32.2. The van der Waals surface area contributed by atoms with Gasteiger partial charge in [0.25, 0.3) is 0 Å². The molecule has 1 aliphatic rings. The average molecular weight is 253 g/mol. The zero-order valence-electron chi connectivity index (χ0n) is 9.63. The van der Waals surface area contributed by atoms with Crippen LogP contribution in [-0.4, -0.2) is 30.8 Å². The molecule has 0 radical (unpaired) electrons. The molecule has 0 fully saturated rings. The summed E-state index contributed by atoms with van der Waals surface area (Å²) in [7, 11) is -3.52. The van der Waals surface area contributed by atoms with E-state index >= 15 is 0 Å². The third kappa shape index (κ3) is 2.32. The fraction of sp³-hybridized carbons (Fsp3) is 0.364. The fourth-order valence-electron chi connectivity index (χ4n) is 1.84. The molecule has 5 nitrogen and oxygen atoms in total. The maximum Gasteiger partial charge on any atom is 0.247 e. The SMILES string of the molecule is CC1=CCCN(S(=O)(=O)c2cccnc2N)C1. The van der Waals surface area contributed by atoms with Crippen molar-refractivity contribution >= 4 is 15.8 Å². The summed E-state index contributed by atoms with van der Waals surface area (Å²) in [6.45, 7) is 2.85. The van der Waals surface area contributed by atoms with E-state index in [1.165, 1.54) is 16.6 Å². The number of hydrogen-bond donors (Lipinski definition) is 1. The molecule has 0 aromatic carbocycles. The number of nitrogens with zero attached hydrogens (tertiary/aromatic N) is 2. The number of sulfonamides is 1. The Kier molecular flexibility index (Phi) is 3.17. The third-order valence-corrected chi connectivity index (χ3v) is 4.61. The number of nitrogen functional groups attached to an aromatic ring is 1. The minimum Gasteiger partial charge on any atom is -0.383 e. The molecule has 0 atom stereocenters. The molecule has 0 saturated heterocycles. The van der Waals surface area contributed by atoms with E-state index in [-0.39, 0.29) is 10.7 Å². The summed E-state index contributed by atoms with van der Waals surface area (Å²) in [5, 5.41) is 0. The summed E-state index contributed by atoms with van der Waals surface area (Å²) in [4.78, 5) is 3.91. The Bertz CT molecular complexity index is 552. The number of rotatable bonds is 2. The van der Waals surface area contributed by atoms with Crippen molar-refractivity contribution in [3.05, 3.63) is 30.0 Å². The van der Waals surface area contributed by atoms with Gasteiger partial charge in [0.1, 0.15) is 10.7 Å². The number of nitrogens with two attached hydrogens (primary N) is 1. The van der Waals surface area contributed by atoms with Crippen molar-refractivity contribution in [3.63, 3.8) is 0 Å². The molecule has 1 aliphatic heterocycles. The van der Waals surface area contributed by atoms with Crippen LogP contribution in [0, 0.1) is 0 Å². The van der Waals surface area contributed by atoms with Gasteiger partial charge in [0, 0.05) is 19.3 Å². The molecule has 0 saturated carbocycles. The first-order chi connectivity index (χ1) is 8.01. The van der Waals surface area contributed by atoms with Crippen molar-refractivity contribution in [3.8, 4) is 0 Å². The first kappa shape index (κ1) is 12.1. The Labute approximate surface area is 101 Å². The molecule has 0 amide bonds. The summed E-state index contributed by atoms with van der Waals surface area (Å²) in [5.74, 6) is 0.0553. The monoisotopic (exact) mass is 253 g/mol. The van der Waals surface area contributed by atoms with E-state index < -0.39 is 10.0 Å². The van der Waals surface area contributed by atoms with Gasteiger partial charge in [0.05, 0.1) is 0 Å². The molecule has 2 heterocycles. The molecule has 0 unspecified atom stereocenters. The highest BCUT2D eigenvalue weighted by Gasteiger charge is 2.27. The van der Waals surface area contributed by atoms with Gasteiger partial charge in [-0.2, -0.15) is 4.31 Å². The number of pyridine rings is 1. The standard InChI is InChI=1S/C11H15N3O2S/c1-9-4-3-7-14(8-9)17(15,16)10-5-2-6-13-11(10)12/h2,4-6H,3,7-8H2,1H3,(H2,12,13). The Hall–Kier alpha value is -1.40. The Morgan fingerprint density at radius 3 is 2.88 bits per heavy atom. The lowest BCUT2D eigenvalue weighted by molar-refractivity contribution is 0.428. The van der Waals surface area contributed by atoms with Gasteiger partial charge >= 0.3 is 0 Å². The van der Waals surface area contributed by atoms with Crippen molar-refractivity contribution in [1.29, 1.82) is 0 Å². The normalized spacial score (nSPS) is 17.8. The third-order valence-electron chi connectivity index (χ3n) is 2.71. The lowest BCUT2D eigenvalue weighted by Crippen LogP contribution is -2.35. The van der Waals surface area contributed by atoms with Gasteiger partial charge in [-0.1, -0.05) is 11.6 Å². The molecule has 0 spiro atoms. The highest BCUT2D eigenvalue weighted by molar-refractivity contribution is 7.89. The largest absolute Gasteiger partial charge is 0.383 e. The van der Waals surface area contributed by atoms with Gasteiger partial charge in [-0.15, -0.1) is 0 Å². The Morgan fingerprint density at radius 1 is 1.47 bits per heavy atom. The van der Waals surface area contributed by atoms with Crippen LogP contribution >= 0.6 is 0 Å². The van der Waals surface area contributed by atoms with Gasteiger partial charge in [-0.25, -0.2) is 13.4 Å². The van der Waals surface area contributed by atoms with E-state index in [1.54, 1.807) is 6.07 Å². The van der Waals surface area contributed by atoms with E-state index in [0.29, 0.717) is 13.1 Å². The quantitative estimate of drug-likeness (QED) is 0.798. The van der Waals surface area contributed by atoms with Gasteiger partial charge < -0.3 is 5.73 Å². The van der Waals surface area contributed by atoms with Crippen molar-refractivity contribution < 1.29 is 8.42 Å². The molecule has 92 valence electrons. The second-order valence-electron chi connectivity index (χ2n) is 4.06. The fourth-order valence-corrected chi connectivity index (χ4v) is 3.41. The van der Waals surface area contributed by atoms with Crippen molar-refractivity contribution in [1.82, 2.24) is 9.29 Å². The summed E-state index contributed by atoms with van der Waals surface area (Å²) >= 11 is 0. The van der Waals surface area contributed by atoms with Crippen LogP contribution in [0.4, 0.5) is 5.82 Å². The molecule has 0 aliphatic carbocycles. The lowest BCUT2D eigenvalue weighted by atomic mass is 10.2. The van der Waals surface area contributed by atoms with Gasteiger partial charge in [0.15, 0.2) is 0 Å². The van der Waals surface area contributed by atoms with Crippen LogP contribution < -0.4 is 5.73 Å². The summed E-state index contributed by atoms with van der Waals surface area (Å²) in [6.07, 6.45) is 4.28. The maximum absolute atomic E-state index is 12.3. The maximum atomic E-state index is 12.3. The zero-order valence-corrected chi connectivity index (χ0v) is 10.4. The van der Waals surface area contributed by atoms with E-state index in [2.05, 4.69) is 11.1 Å². The molecule has 0 bridgehead atoms. The first-order valence-corrected chi connectivity index (χ1v) is 6.82. The van der Waals surface area contributed by atoms with Crippen molar-refractivity contribution in [2.45, 2.75) is 18.2 Å². The van der Waals surface area contributed by atoms with Crippen LogP contribution in [-0.2, 0) is 10.0 Å². The number of aromatic nitrogens is 1. The van der Waals surface area contributed by atoms with E-state index in [0.717, 1.165) is 12.0 Å². The Morgan fingerprint density at radius 2 is 2.24 bits per heavy atom. The molecular weight excluding hydrogens is 238 g/mol. The summed E-state index contributed by atoms with van der Waals surface area (Å²) < 4.78 is 26.1. The van der Waals surface area contributed by atoms with E-state index in [4.69, 9.17) is 5.73 Å². The van der Waals surface area contributed by atoms with Crippen LogP contribution in [0.5, 0.6) is 0 Å². The topological polar surface area (TPSA) is 76.3 Å². The molecule has 6 heteroatoms. The molecule has 1 aromatic heterocycles. The minimum absolute atomic E-state index is 0.0553. The van der Waals surface area contributed by atoms with Crippen LogP contribution in [0.3, 0.4) is 0 Å². The van der Waals surface area contributed by atoms with E-state index in [1.807, 2.05) is 6.92 Å².